The normalized spacial score (nSPS) is 29.3. The molecule has 1 saturated carbocycles. The van der Waals surface area contributed by atoms with Crippen molar-refractivity contribution >= 4 is 26.2 Å². The largest absolute Gasteiger partial charge is 0.493 e. The third kappa shape index (κ3) is 9.29. The molecule has 0 amide bonds. The molecule has 7 nitrogen and oxygen atoms in total. The molecule has 0 spiro atoms. The lowest BCUT2D eigenvalue weighted by Crippen LogP contribution is -2.45. The van der Waals surface area contributed by atoms with Crippen molar-refractivity contribution in [1.82, 2.24) is 0 Å². The number of aldehydes is 1. The van der Waals surface area contributed by atoms with Crippen LogP contribution in [0.1, 0.15) is 78.6 Å². The summed E-state index contributed by atoms with van der Waals surface area (Å²) in [4.78, 5) is 12.1. The van der Waals surface area contributed by atoms with Crippen molar-refractivity contribution in [2.75, 3.05) is 19.8 Å². The van der Waals surface area contributed by atoms with Crippen LogP contribution in [0, 0.1) is 11.8 Å². The van der Waals surface area contributed by atoms with Gasteiger partial charge < -0.3 is 32.9 Å². The Morgan fingerprint density at radius 1 is 1.00 bits per heavy atom. The van der Waals surface area contributed by atoms with Gasteiger partial charge in [0.1, 0.15) is 17.8 Å². The topological polar surface area (TPSA) is 72.5 Å². The van der Waals surface area contributed by atoms with Crippen molar-refractivity contribution in [3.63, 3.8) is 0 Å². The molecular formula is C33H51ClO7Si. The SMILES string of the molecule is CC(C)(C)[Si](C)(C)OC1C[C@H](OC2CCCCO2)[C@H](/C(=C\CCOc2ccc(Cl)cc2)OC2CCCCO2)[C@@H]1CC=O. The average Bonchev–Trinajstić information content (AvgIpc) is 3.27. The second-order valence-corrected chi connectivity index (χ2v) is 18.5. The molecular weight excluding hydrogens is 572 g/mol. The van der Waals surface area contributed by atoms with Gasteiger partial charge in [0.05, 0.1) is 25.4 Å². The van der Waals surface area contributed by atoms with Crippen LogP contribution in [0.3, 0.4) is 0 Å². The first-order chi connectivity index (χ1) is 20.1. The first-order valence-corrected chi connectivity index (χ1v) is 19.1. The lowest BCUT2D eigenvalue weighted by Gasteiger charge is -2.40. The first-order valence-electron chi connectivity index (χ1n) is 15.8. The lowest BCUT2D eigenvalue weighted by molar-refractivity contribution is -0.201. The minimum atomic E-state index is -2.12. The highest BCUT2D eigenvalue weighted by Gasteiger charge is 2.51. The Labute approximate surface area is 258 Å². The summed E-state index contributed by atoms with van der Waals surface area (Å²) in [7, 11) is -2.12. The summed E-state index contributed by atoms with van der Waals surface area (Å²) in [6.45, 7) is 13.2. The maximum absolute atomic E-state index is 12.1. The summed E-state index contributed by atoms with van der Waals surface area (Å²) in [5.74, 6) is 1.36. The van der Waals surface area contributed by atoms with Gasteiger partial charge >= 0.3 is 0 Å². The Balaban J connectivity index is 1.61. The Hall–Kier alpha value is -1.42. The van der Waals surface area contributed by atoms with E-state index < -0.39 is 8.32 Å². The second kappa shape index (κ2) is 15.5. The molecule has 2 saturated heterocycles. The second-order valence-electron chi connectivity index (χ2n) is 13.3. The predicted molar refractivity (Wildman–Crippen MR) is 167 cm³/mol. The van der Waals surface area contributed by atoms with E-state index in [2.05, 4.69) is 39.9 Å². The molecule has 0 aromatic heterocycles. The maximum atomic E-state index is 12.1. The highest BCUT2D eigenvalue weighted by molar-refractivity contribution is 6.74. The zero-order valence-electron chi connectivity index (χ0n) is 26.1. The van der Waals surface area contributed by atoms with Crippen LogP contribution >= 0.6 is 11.6 Å². The lowest BCUT2D eigenvalue weighted by atomic mass is 9.88. The van der Waals surface area contributed by atoms with E-state index in [1.165, 1.54) is 0 Å². The minimum absolute atomic E-state index is 0.0454. The van der Waals surface area contributed by atoms with Gasteiger partial charge in [-0.3, -0.25) is 0 Å². The summed E-state index contributed by atoms with van der Waals surface area (Å²) in [6, 6.07) is 7.38. The van der Waals surface area contributed by atoms with Gasteiger partial charge in [0.2, 0.25) is 0 Å². The molecule has 4 rings (SSSR count). The standard InChI is InChI=1S/C33H51ClO7Si/c1-33(2,3)42(4,5)41-28-23-29(40-31-13-7-9-21-38-31)32(26(28)18-19-35)27(39-30-12-6-8-20-37-30)11-10-22-36-25-16-14-24(34)15-17-25/h11,14-17,19,26,28-32H,6-10,12-13,18,20-23H2,1-5H3/b27-11+/t26-,28?,29+,30?,31?,32+/m1/s1. The molecule has 3 aliphatic rings. The predicted octanol–water partition coefficient (Wildman–Crippen LogP) is 8.06. The summed E-state index contributed by atoms with van der Waals surface area (Å²) >= 11 is 6.03. The Morgan fingerprint density at radius 3 is 2.26 bits per heavy atom. The molecule has 0 N–H and O–H groups in total. The molecule has 2 aliphatic heterocycles. The Kier molecular flexibility index (Phi) is 12.4. The van der Waals surface area contributed by atoms with E-state index in [4.69, 9.17) is 39.7 Å². The molecule has 9 heteroatoms. The number of carbonyl (C=O) groups excluding carboxylic acids is 1. The highest BCUT2D eigenvalue weighted by Crippen LogP contribution is 2.47. The molecule has 0 bridgehead atoms. The van der Waals surface area contributed by atoms with Crippen LogP contribution in [0.15, 0.2) is 36.1 Å². The van der Waals surface area contributed by atoms with Gasteiger partial charge in [0.15, 0.2) is 20.9 Å². The van der Waals surface area contributed by atoms with Gasteiger partial charge in [-0.15, -0.1) is 0 Å². The zero-order valence-corrected chi connectivity index (χ0v) is 27.9. The molecule has 1 aliphatic carbocycles. The molecule has 3 fully saturated rings. The molecule has 1 aromatic rings. The number of ether oxygens (including phenoxy) is 5. The molecule has 3 unspecified atom stereocenters. The fourth-order valence-electron chi connectivity index (χ4n) is 5.83. The average molecular weight is 623 g/mol. The molecule has 1 aromatic carbocycles. The molecule has 6 atom stereocenters. The van der Waals surface area contributed by atoms with Gasteiger partial charge in [0, 0.05) is 42.7 Å². The van der Waals surface area contributed by atoms with Gasteiger partial charge in [-0.05, 0) is 87.0 Å². The van der Waals surface area contributed by atoms with Gasteiger partial charge in [-0.1, -0.05) is 32.4 Å². The van der Waals surface area contributed by atoms with E-state index in [-0.39, 0.29) is 41.7 Å². The van der Waals surface area contributed by atoms with Crippen molar-refractivity contribution < 1.29 is 32.9 Å². The van der Waals surface area contributed by atoms with Gasteiger partial charge in [-0.25, -0.2) is 0 Å². The number of hydrogen-bond donors (Lipinski definition) is 0. The quantitative estimate of drug-likeness (QED) is 0.0953. The van der Waals surface area contributed by atoms with E-state index >= 15 is 0 Å². The fourth-order valence-corrected chi connectivity index (χ4v) is 7.34. The van der Waals surface area contributed by atoms with Crippen LogP contribution < -0.4 is 4.74 Å². The fraction of sp³-hybridized carbons (Fsp3) is 0.727. The van der Waals surface area contributed by atoms with Crippen LogP contribution in [0.5, 0.6) is 5.75 Å². The van der Waals surface area contributed by atoms with Crippen LogP contribution in [0.2, 0.25) is 23.2 Å². The van der Waals surface area contributed by atoms with Gasteiger partial charge in [-0.2, -0.15) is 0 Å². The van der Waals surface area contributed by atoms with Crippen LogP contribution in [0.25, 0.3) is 0 Å². The zero-order chi connectivity index (χ0) is 30.2. The van der Waals surface area contributed by atoms with Crippen molar-refractivity contribution in [2.24, 2.45) is 11.8 Å². The van der Waals surface area contributed by atoms with Gasteiger partial charge in [0.25, 0.3) is 0 Å². The molecule has 236 valence electrons. The number of benzene rings is 1. The summed E-state index contributed by atoms with van der Waals surface area (Å²) < 4.78 is 38.4. The van der Waals surface area contributed by atoms with Crippen molar-refractivity contribution in [3.05, 3.63) is 41.1 Å². The van der Waals surface area contributed by atoms with E-state index in [0.717, 1.165) is 56.3 Å². The number of carbonyl (C=O) groups is 1. The third-order valence-electron chi connectivity index (χ3n) is 9.17. The monoisotopic (exact) mass is 622 g/mol. The van der Waals surface area contributed by atoms with Crippen molar-refractivity contribution in [2.45, 2.75) is 121 Å². The number of hydrogen-bond acceptors (Lipinski definition) is 7. The third-order valence-corrected chi connectivity index (χ3v) is 13.9. The first kappa shape index (κ1) is 33.5. The Bertz CT molecular complexity index is 997. The molecule has 42 heavy (non-hydrogen) atoms. The number of rotatable bonds is 13. The molecule has 2 heterocycles. The minimum Gasteiger partial charge on any atom is -0.493 e. The van der Waals surface area contributed by atoms with E-state index in [0.29, 0.717) is 44.1 Å². The summed E-state index contributed by atoms with van der Waals surface area (Å²) in [5, 5.41) is 0.722. The number of halogens is 1. The van der Waals surface area contributed by atoms with Crippen LogP contribution in [-0.2, 0) is 28.2 Å². The molecule has 0 radical (unpaired) electrons. The van der Waals surface area contributed by atoms with Crippen molar-refractivity contribution in [1.29, 1.82) is 0 Å². The van der Waals surface area contributed by atoms with E-state index in [1.54, 1.807) is 0 Å². The van der Waals surface area contributed by atoms with Crippen LogP contribution in [-0.4, -0.2) is 59.2 Å². The Morgan fingerprint density at radius 2 is 1.67 bits per heavy atom. The smallest absolute Gasteiger partial charge is 0.199 e. The summed E-state index contributed by atoms with van der Waals surface area (Å²) in [5.41, 5.74) is 0. The summed E-state index contributed by atoms with van der Waals surface area (Å²) in [6.07, 6.45) is 9.93. The maximum Gasteiger partial charge on any atom is 0.199 e. The van der Waals surface area contributed by atoms with E-state index in [1.807, 2.05) is 24.3 Å². The highest BCUT2D eigenvalue weighted by atomic mass is 35.5. The van der Waals surface area contributed by atoms with Crippen LogP contribution in [0.4, 0.5) is 0 Å². The van der Waals surface area contributed by atoms with E-state index in [9.17, 15) is 4.79 Å². The van der Waals surface area contributed by atoms with Crippen molar-refractivity contribution in [3.8, 4) is 5.75 Å².